The Hall–Kier alpha value is -1.62. The summed E-state index contributed by atoms with van der Waals surface area (Å²) in [4.78, 5) is 22.3. The monoisotopic (exact) mass is 266 g/mol. The topological polar surface area (TPSA) is 63.6 Å². The minimum absolute atomic E-state index is 0. The average Bonchev–Trinajstić information content (AvgIpc) is 2.40. The first kappa shape index (κ1) is 15.4. The summed E-state index contributed by atoms with van der Waals surface area (Å²) >= 11 is 0. The SMILES string of the molecule is O=C(O)c1ccc(OC(=O)c2ccccc2)cc1.[NaH]. The fraction of sp³-hybridized carbons (Fsp3) is 0. The Morgan fingerprint density at radius 2 is 1.42 bits per heavy atom. The van der Waals surface area contributed by atoms with Crippen molar-refractivity contribution in [2.24, 2.45) is 0 Å². The van der Waals surface area contributed by atoms with Gasteiger partial charge in [-0.25, -0.2) is 9.59 Å². The second-order valence-electron chi connectivity index (χ2n) is 3.59. The third-order valence-electron chi connectivity index (χ3n) is 2.32. The molecule has 0 fully saturated rings. The summed E-state index contributed by atoms with van der Waals surface area (Å²) in [6.45, 7) is 0. The minimum atomic E-state index is -1.02. The Kier molecular flexibility index (Phi) is 5.76. The Morgan fingerprint density at radius 1 is 0.842 bits per heavy atom. The zero-order valence-electron chi connectivity index (χ0n) is 9.37. The molecule has 92 valence electrons. The number of ether oxygens (including phenoxy) is 1. The van der Waals surface area contributed by atoms with Crippen molar-refractivity contribution in [2.75, 3.05) is 0 Å². The van der Waals surface area contributed by atoms with Gasteiger partial charge in [-0.1, -0.05) is 18.2 Å². The molecule has 2 rings (SSSR count). The maximum atomic E-state index is 11.7. The van der Waals surface area contributed by atoms with E-state index in [0.717, 1.165) is 0 Å². The molecule has 2 aromatic carbocycles. The number of carboxylic acids is 1. The van der Waals surface area contributed by atoms with E-state index in [4.69, 9.17) is 9.84 Å². The van der Waals surface area contributed by atoms with Crippen molar-refractivity contribution in [1.82, 2.24) is 0 Å². The Balaban J connectivity index is 0.00000180. The summed E-state index contributed by atoms with van der Waals surface area (Å²) in [6, 6.07) is 14.2. The summed E-state index contributed by atoms with van der Waals surface area (Å²) in [7, 11) is 0. The molecule has 1 N–H and O–H groups in total. The first-order valence-corrected chi connectivity index (χ1v) is 5.27. The van der Waals surface area contributed by atoms with E-state index in [1.54, 1.807) is 30.3 Å². The molecule has 0 aromatic heterocycles. The van der Waals surface area contributed by atoms with Crippen LogP contribution in [-0.2, 0) is 0 Å². The zero-order valence-corrected chi connectivity index (χ0v) is 9.37. The third kappa shape index (κ3) is 4.21. The van der Waals surface area contributed by atoms with Gasteiger partial charge in [-0.3, -0.25) is 0 Å². The fourth-order valence-corrected chi connectivity index (χ4v) is 1.41. The summed E-state index contributed by atoms with van der Waals surface area (Å²) in [6.07, 6.45) is 0. The van der Waals surface area contributed by atoms with E-state index in [2.05, 4.69) is 0 Å². The quantitative estimate of drug-likeness (QED) is 0.524. The molecule has 0 bridgehead atoms. The summed E-state index contributed by atoms with van der Waals surface area (Å²) in [5.74, 6) is -1.18. The Morgan fingerprint density at radius 3 is 1.95 bits per heavy atom. The number of rotatable bonds is 3. The molecule has 0 saturated heterocycles. The van der Waals surface area contributed by atoms with Crippen LogP contribution in [0, 0.1) is 0 Å². The molecule has 5 heteroatoms. The number of carbonyl (C=O) groups excluding carboxylic acids is 1. The van der Waals surface area contributed by atoms with E-state index >= 15 is 0 Å². The van der Waals surface area contributed by atoms with Crippen molar-refractivity contribution in [2.45, 2.75) is 0 Å². The van der Waals surface area contributed by atoms with Gasteiger partial charge in [0.05, 0.1) is 11.1 Å². The molecular formula is C14H11NaO4. The van der Waals surface area contributed by atoms with Crippen LogP contribution in [0.4, 0.5) is 0 Å². The molecule has 0 heterocycles. The van der Waals surface area contributed by atoms with Crippen LogP contribution in [-0.4, -0.2) is 46.6 Å². The first-order valence-electron chi connectivity index (χ1n) is 5.27. The fourth-order valence-electron chi connectivity index (χ4n) is 1.41. The van der Waals surface area contributed by atoms with Gasteiger partial charge < -0.3 is 9.84 Å². The normalized spacial score (nSPS) is 9.26. The second-order valence-corrected chi connectivity index (χ2v) is 3.59. The van der Waals surface area contributed by atoms with Gasteiger partial charge in [0.25, 0.3) is 0 Å². The van der Waals surface area contributed by atoms with Gasteiger partial charge in [0, 0.05) is 0 Å². The summed E-state index contributed by atoms with van der Waals surface area (Å²) < 4.78 is 5.10. The molecule has 0 amide bonds. The van der Waals surface area contributed by atoms with Crippen LogP contribution in [0.3, 0.4) is 0 Å². The van der Waals surface area contributed by atoms with Gasteiger partial charge in [-0.2, -0.15) is 0 Å². The number of aromatic carboxylic acids is 1. The first-order chi connectivity index (χ1) is 8.66. The van der Waals surface area contributed by atoms with Gasteiger partial charge in [-0.15, -0.1) is 0 Å². The molecular weight excluding hydrogens is 255 g/mol. The van der Waals surface area contributed by atoms with E-state index in [0.29, 0.717) is 11.3 Å². The maximum absolute atomic E-state index is 11.7. The number of carbonyl (C=O) groups is 2. The molecule has 0 spiro atoms. The van der Waals surface area contributed by atoms with E-state index in [-0.39, 0.29) is 35.1 Å². The number of carboxylic acid groups (broad SMARTS) is 1. The van der Waals surface area contributed by atoms with Crippen molar-refractivity contribution < 1.29 is 19.4 Å². The van der Waals surface area contributed by atoms with Gasteiger partial charge in [0.15, 0.2) is 0 Å². The van der Waals surface area contributed by atoms with E-state index in [1.807, 2.05) is 0 Å². The molecule has 0 aliphatic rings. The number of esters is 1. The molecule has 0 aliphatic carbocycles. The van der Waals surface area contributed by atoms with Crippen molar-refractivity contribution >= 4 is 41.5 Å². The Labute approximate surface area is 132 Å². The van der Waals surface area contributed by atoms with Crippen molar-refractivity contribution in [1.29, 1.82) is 0 Å². The van der Waals surface area contributed by atoms with Crippen LogP contribution in [0.15, 0.2) is 54.6 Å². The van der Waals surface area contributed by atoms with Crippen LogP contribution in [0.25, 0.3) is 0 Å². The van der Waals surface area contributed by atoms with Gasteiger partial charge in [0.1, 0.15) is 5.75 Å². The van der Waals surface area contributed by atoms with Crippen LogP contribution < -0.4 is 4.74 Å². The third-order valence-corrected chi connectivity index (χ3v) is 2.32. The van der Waals surface area contributed by atoms with Crippen molar-refractivity contribution in [3.05, 3.63) is 65.7 Å². The van der Waals surface area contributed by atoms with Crippen LogP contribution in [0.2, 0.25) is 0 Å². The van der Waals surface area contributed by atoms with E-state index in [1.165, 1.54) is 24.3 Å². The van der Waals surface area contributed by atoms with E-state index in [9.17, 15) is 9.59 Å². The average molecular weight is 266 g/mol. The van der Waals surface area contributed by atoms with Crippen molar-refractivity contribution in [3.8, 4) is 5.75 Å². The van der Waals surface area contributed by atoms with Gasteiger partial charge >= 0.3 is 41.5 Å². The molecule has 19 heavy (non-hydrogen) atoms. The molecule has 0 atom stereocenters. The molecule has 0 saturated carbocycles. The van der Waals surface area contributed by atoms with Gasteiger partial charge in [-0.05, 0) is 36.4 Å². The zero-order chi connectivity index (χ0) is 13.0. The van der Waals surface area contributed by atoms with E-state index < -0.39 is 11.9 Å². The number of benzene rings is 2. The predicted molar refractivity (Wildman–Crippen MR) is 72.0 cm³/mol. The summed E-state index contributed by atoms with van der Waals surface area (Å²) in [5.41, 5.74) is 0.592. The number of hydrogen-bond donors (Lipinski definition) is 1. The summed E-state index contributed by atoms with van der Waals surface area (Å²) in [5, 5.41) is 8.73. The molecule has 4 nitrogen and oxygen atoms in total. The van der Waals surface area contributed by atoms with Crippen LogP contribution in [0.1, 0.15) is 20.7 Å². The van der Waals surface area contributed by atoms with Crippen LogP contribution >= 0.6 is 0 Å². The van der Waals surface area contributed by atoms with Crippen molar-refractivity contribution in [3.63, 3.8) is 0 Å². The van der Waals surface area contributed by atoms with Crippen LogP contribution in [0.5, 0.6) is 5.75 Å². The number of hydrogen-bond acceptors (Lipinski definition) is 3. The van der Waals surface area contributed by atoms with Gasteiger partial charge in [0.2, 0.25) is 0 Å². The molecule has 2 aromatic rings. The molecule has 0 aliphatic heterocycles. The second kappa shape index (κ2) is 7.09. The predicted octanol–water partition coefficient (Wildman–Crippen LogP) is 1.96. The molecule has 0 unspecified atom stereocenters. The molecule has 0 radical (unpaired) electrons. The standard InChI is InChI=1S/C14H10O4.Na.H/c15-13(16)10-6-8-12(9-7-10)18-14(17)11-4-2-1-3-5-11;;/h1-9H,(H,15,16);;. The Bertz CT molecular complexity index is 564.